The zero-order chi connectivity index (χ0) is 27.1. The van der Waals surface area contributed by atoms with Gasteiger partial charge in [-0.3, -0.25) is 9.59 Å². The minimum absolute atomic E-state index is 0.00800. The maximum absolute atomic E-state index is 13.4. The number of nitrogens with zero attached hydrogens (tertiary/aromatic N) is 1. The third kappa shape index (κ3) is 6.35. The molecule has 2 aromatic carbocycles. The highest BCUT2D eigenvalue weighted by Gasteiger charge is 2.46. The van der Waals surface area contributed by atoms with Gasteiger partial charge in [-0.15, -0.1) is 0 Å². The van der Waals surface area contributed by atoms with Crippen LogP contribution in [-0.2, 0) is 4.79 Å². The monoisotopic (exact) mass is 519 g/mol. The third-order valence-corrected chi connectivity index (χ3v) is 8.55. The standard InChI is InChI=1S/C32H42FN3O2/c1-4-6-8-23-9-7-10-25-21-26(13-16-28(23)25)30(37)34-18-20-36(5-2)19-17-32(3)29(22-35-31(32)38)24-11-14-27(33)15-12-24/h7,10-16,21,23,29H,4-6,8-9,17-20,22H2,1-3H3,(H,34,37)(H,35,38)/t23?,29?,32-/m0/s1. The Morgan fingerprint density at radius 3 is 2.68 bits per heavy atom. The molecule has 0 radical (unpaired) electrons. The van der Waals surface area contributed by atoms with Crippen molar-refractivity contribution in [3.8, 4) is 0 Å². The normalized spacial score (nSPS) is 22.4. The first-order chi connectivity index (χ1) is 18.4. The molecule has 1 aliphatic carbocycles. The molecule has 204 valence electrons. The van der Waals surface area contributed by atoms with Crippen molar-refractivity contribution in [1.82, 2.24) is 15.5 Å². The molecule has 3 atom stereocenters. The van der Waals surface area contributed by atoms with Gasteiger partial charge in [-0.1, -0.05) is 64.0 Å². The largest absolute Gasteiger partial charge is 0.355 e. The molecule has 4 rings (SSSR count). The summed E-state index contributed by atoms with van der Waals surface area (Å²) in [7, 11) is 0. The Balaban J connectivity index is 1.30. The average Bonchev–Trinajstić information content (AvgIpc) is 3.23. The molecule has 0 bridgehead atoms. The van der Waals surface area contributed by atoms with Gasteiger partial charge in [0.1, 0.15) is 5.82 Å². The number of carbonyl (C=O) groups is 2. The van der Waals surface area contributed by atoms with Gasteiger partial charge in [-0.2, -0.15) is 0 Å². The molecule has 2 N–H and O–H groups in total. The summed E-state index contributed by atoms with van der Waals surface area (Å²) >= 11 is 0. The van der Waals surface area contributed by atoms with Gasteiger partial charge in [-0.05, 0) is 79.2 Å². The first-order valence-corrected chi connectivity index (χ1v) is 14.2. The van der Waals surface area contributed by atoms with Crippen molar-refractivity contribution in [2.45, 2.75) is 64.7 Å². The van der Waals surface area contributed by atoms with E-state index in [9.17, 15) is 14.0 Å². The number of halogens is 1. The number of unbranched alkanes of at least 4 members (excludes halogenated alkanes) is 1. The summed E-state index contributed by atoms with van der Waals surface area (Å²) in [5.74, 6) is 0.293. The van der Waals surface area contributed by atoms with Crippen LogP contribution in [0.25, 0.3) is 6.08 Å². The number of amides is 2. The van der Waals surface area contributed by atoms with Gasteiger partial charge >= 0.3 is 0 Å². The average molecular weight is 520 g/mol. The van der Waals surface area contributed by atoms with Crippen LogP contribution >= 0.6 is 0 Å². The number of carbonyl (C=O) groups excluding carboxylic acids is 2. The van der Waals surface area contributed by atoms with Gasteiger partial charge in [0.2, 0.25) is 5.91 Å². The second-order valence-corrected chi connectivity index (χ2v) is 11.0. The van der Waals surface area contributed by atoms with Crippen molar-refractivity contribution >= 4 is 17.9 Å². The van der Waals surface area contributed by atoms with E-state index in [4.69, 9.17) is 0 Å². The number of allylic oxidation sites excluding steroid dienone is 1. The summed E-state index contributed by atoms with van der Waals surface area (Å²) in [6.45, 7) is 9.74. The number of hydrogen-bond acceptors (Lipinski definition) is 3. The molecule has 1 heterocycles. The quantitative estimate of drug-likeness (QED) is 0.368. The summed E-state index contributed by atoms with van der Waals surface area (Å²) in [5, 5.41) is 6.10. The molecular formula is C32H42FN3O2. The molecule has 1 saturated heterocycles. The van der Waals surface area contributed by atoms with Crippen LogP contribution in [-0.4, -0.2) is 49.4 Å². The number of hydrogen-bond donors (Lipinski definition) is 2. The fourth-order valence-electron chi connectivity index (χ4n) is 5.94. The van der Waals surface area contributed by atoms with Crippen molar-refractivity contribution in [2.24, 2.45) is 5.41 Å². The second-order valence-electron chi connectivity index (χ2n) is 11.0. The predicted molar refractivity (Wildman–Crippen MR) is 152 cm³/mol. The molecular weight excluding hydrogens is 477 g/mol. The Kier molecular flexibility index (Phi) is 9.37. The lowest BCUT2D eigenvalue weighted by atomic mass is 9.73. The fraction of sp³-hybridized carbons (Fsp3) is 0.500. The number of benzene rings is 2. The van der Waals surface area contributed by atoms with Crippen LogP contribution in [0.4, 0.5) is 4.39 Å². The van der Waals surface area contributed by atoms with Crippen molar-refractivity contribution < 1.29 is 14.0 Å². The molecule has 1 aliphatic heterocycles. The first-order valence-electron chi connectivity index (χ1n) is 14.2. The highest BCUT2D eigenvalue weighted by molar-refractivity contribution is 5.95. The molecule has 38 heavy (non-hydrogen) atoms. The zero-order valence-electron chi connectivity index (χ0n) is 23.1. The molecule has 2 aliphatic rings. The van der Waals surface area contributed by atoms with Crippen LogP contribution in [0, 0.1) is 11.2 Å². The summed E-state index contributed by atoms with van der Waals surface area (Å²) in [4.78, 5) is 28.0. The Bertz CT molecular complexity index is 1150. The number of likely N-dealkylation sites (N-methyl/N-ethyl adjacent to an activating group) is 1. The smallest absolute Gasteiger partial charge is 0.251 e. The van der Waals surface area contributed by atoms with Crippen molar-refractivity contribution in [1.29, 1.82) is 0 Å². The van der Waals surface area contributed by atoms with Crippen LogP contribution in [0.15, 0.2) is 48.5 Å². The lowest BCUT2D eigenvalue weighted by Crippen LogP contribution is -2.39. The Morgan fingerprint density at radius 2 is 1.95 bits per heavy atom. The van der Waals surface area contributed by atoms with Gasteiger partial charge in [0, 0.05) is 31.1 Å². The van der Waals surface area contributed by atoms with Crippen molar-refractivity contribution in [3.63, 3.8) is 0 Å². The van der Waals surface area contributed by atoms with Gasteiger partial charge < -0.3 is 15.5 Å². The van der Waals surface area contributed by atoms with Crippen LogP contribution in [0.5, 0.6) is 0 Å². The van der Waals surface area contributed by atoms with Crippen LogP contribution in [0.2, 0.25) is 0 Å². The second kappa shape index (κ2) is 12.7. The van der Waals surface area contributed by atoms with E-state index in [1.54, 1.807) is 12.1 Å². The summed E-state index contributed by atoms with van der Waals surface area (Å²) in [5.41, 5.74) is 3.65. The molecule has 0 spiro atoms. The minimum Gasteiger partial charge on any atom is -0.355 e. The van der Waals surface area contributed by atoms with Gasteiger partial charge in [0.15, 0.2) is 0 Å². The van der Waals surface area contributed by atoms with Gasteiger partial charge in [-0.25, -0.2) is 4.39 Å². The van der Waals surface area contributed by atoms with Gasteiger partial charge in [0.05, 0.1) is 5.41 Å². The topological polar surface area (TPSA) is 61.4 Å². The van der Waals surface area contributed by atoms with E-state index >= 15 is 0 Å². The van der Waals surface area contributed by atoms with Gasteiger partial charge in [0.25, 0.3) is 5.91 Å². The van der Waals surface area contributed by atoms with Crippen LogP contribution < -0.4 is 10.6 Å². The van der Waals surface area contributed by atoms with Crippen molar-refractivity contribution in [2.75, 3.05) is 32.7 Å². The zero-order valence-corrected chi connectivity index (χ0v) is 23.1. The lowest BCUT2D eigenvalue weighted by Gasteiger charge is -2.31. The third-order valence-electron chi connectivity index (χ3n) is 8.55. The maximum Gasteiger partial charge on any atom is 0.251 e. The summed E-state index contributed by atoms with van der Waals surface area (Å²) < 4.78 is 13.4. The maximum atomic E-state index is 13.4. The van der Waals surface area contributed by atoms with E-state index in [0.29, 0.717) is 37.5 Å². The summed E-state index contributed by atoms with van der Waals surface area (Å²) in [6.07, 6.45) is 9.77. The Morgan fingerprint density at radius 1 is 1.16 bits per heavy atom. The van der Waals surface area contributed by atoms with E-state index in [-0.39, 0.29) is 23.5 Å². The Labute approximate surface area is 226 Å². The Hall–Kier alpha value is -2.99. The highest BCUT2D eigenvalue weighted by atomic mass is 19.1. The molecule has 5 nitrogen and oxygen atoms in total. The SMILES string of the molecule is CCCCC1CC=Cc2cc(C(=O)NCCN(CC)CC[C@]3(C)C(=O)NCC3c3ccc(F)cc3)ccc21. The molecule has 6 heteroatoms. The molecule has 0 saturated carbocycles. The van der Waals surface area contributed by atoms with E-state index in [2.05, 4.69) is 47.6 Å². The van der Waals surface area contributed by atoms with E-state index in [1.807, 2.05) is 19.1 Å². The van der Waals surface area contributed by atoms with Crippen molar-refractivity contribution in [3.05, 3.63) is 76.6 Å². The summed E-state index contributed by atoms with van der Waals surface area (Å²) in [6, 6.07) is 12.6. The number of fused-ring (bicyclic) bond motifs is 1. The fourth-order valence-corrected chi connectivity index (χ4v) is 5.94. The lowest BCUT2D eigenvalue weighted by molar-refractivity contribution is -0.127. The highest BCUT2D eigenvalue weighted by Crippen LogP contribution is 2.42. The predicted octanol–water partition coefficient (Wildman–Crippen LogP) is 5.88. The molecule has 1 fully saturated rings. The molecule has 2 aromatic rings. The number of rotatable bonds is 12. The van der Waals surface area contributed by atoms with Crippen LogP contribution in [0.1, 0.15) is 91.8 Å². The number of nitrogens with one attached hydrogen (secondary N) is 2. The van der Waals surface area contributed by atoms with E-state index < -0.39 is 5.41 Å². The molecule has 2 amide bonds. The first kappa shape index (κ1) is 28.0. The minimum atomic E-state index is -0.555. The van der Waals surface area contributed by atoms with E-state index in [1.165, 1.54) is 42.5 Å². The van der Waals surface area contributed by atoms with E-state index in [0.717, 1.165) is 25.1 Å². The molecule has 0 aromatic heterocycles. The van der Waals surface area contributed by atoms with Crippen LogP contribution in [0.3, 0.4) is 0 Å². The molecule has 2 unspecified atom stereocenters.